The van der Waals surface area contributed by atoms with Gasteiger partial charge in [-0.2, -0.15) is 0 Å². The Balaban J connectivity index is 2.76. The van der Waals surface area contributed by atoms with Gasteiger partial charge in [0.1, 0.15) is 5.82 Å². The number of esters is 1. The molecule has 2 rings (SSSR count). The number of ether oxygens (including phenoxy) is 1. The molecule has 1 aromatic carbocycles. The summed E-state index contributed by atoms with van der Waals surface area (Å²) in [6, 6.07) is 7.51. The second kappa shape index (κ2) is 4.41. The average Bonchev–Trinajstić information content (AvgIpc) is 2.36. The maximum atomic E-state index is 11.7. The number of nitrogens with one attached hydrogen (secondary N) is 1. The van der Waals surface area contributed by atoms with Gasteiger partial charge >= 0.3 is 5.97 Å². The predicted molar refractivity (Wildman–Crippen MR) is 67.4 cm³/mol. The standard InChI is InChI=1S/C13H14N2O2/c1-8-4-5-11-9(6-8)10(13(16)17-3)7-12(14-2)15-11/h4-7H,1-3H3,(H,14,15). The predicted octanol–water partition coefficient (Wildman–Crippen LogP) is 2.37. The Kier molecular flexibility index (Phi) is 2.95. The van der Waals surface area contributed by atoms with Gasteiger partial charge in [-0.1, -0.05) is 11.6 Å². The van der Waals surface area contributed by atoms with E-state index in [2.05, 4.69) is 10.3 Å². The van der Waals surface area contributed by atoms with Crippen molar-refractivity contribution in [2.45, 2.75) is 6.92 Å². The van der Waals surface area contributed by atoms with Crippen LogP contribution in [0.25, 0.3) is 10.9 Å². The van der Waals surface area contributed by atoms with Crippen LogP contribution in [0, 0.1) is 6.92 Å². The molecule has 0 amide bonds. The van der Waals surface area contributed by atoms with Crippen LogP contribution in [0.3, 0.4) is 0 Å². The Morgan fingerprint density at radius 1 is 1.35 bits per heavy atom. The van der Waals surface area contributed by atoms with Crippen LogP contribution in [0.4, 0.5) is 5.82 Å². The molecule has 2 aromatic rings. The molecule has 0 aliphatic carbocycles. The van der Waals surface area contributed by atoms with E-state index in [-0.39, 0.29) is 5.97 Å². The number of carbonyl (C=O) groups excluding carboxylic acids is 1. The van der Waals surface area contributed by atoms with Gasteiger partial charge in [0.25, 0.3) is 0 Å². The second-order valence-corrected chi connectivity index (χ2v) is 3.82. The lowest BCUT2D eigenvalue weighted by Crippen LogP contribution is -2.05. The molecule has 1 heterocycles. The first-order valence-electron chi connectivity index (χ1n) is 5.33. The molecule has 0 unspecified atom stereocenters. The molecule has 88 valence electrons. The number of carbonyl (C=O) groups is 1. The Labute approximate surface area is 99.6 Å². The van der Waals surface area contributed by atoms with Crippen LogP contribution in [0.2, 0.25) is 0 Å². The van der Waals surface area contributed by atoms with Gasteiger partial charge in [-0.05, 0) is 25.1 Å². The molecule has 0 saturated carbocycles. The highest BCUT2D eigenvalue weighted by molar-refractivity contribution is 6.04. The minimum absolute atomic E-state index is 0.348. The first-order valence-corrected chi connectivity index (χ1v) is 5.33. The van der Waals surface area contributed by atoms with E-state index < -0.39 is 0 Å². The van der Waals surface area contributed by atoms with Crippen LogP contribution in [-0.2, 0) is 4.74 Å². The first-order chi connectivity index (χ1) is 8.15. The zero-order chi connectivity index (χ0) is 12.4. The van der Waals surface area contributed by atoms with Crippen LogP contribution in [0.5, 0.6) is 0 Å². The van der Waals surface area contributed by atoms with Crippen molar-refractivity contribution in [1.82, 2.24) is 4.98 Å². The largest absolute Gasteiger partial charge is 0.465 e. The van der Waals surface area contributed by atoms with E-state index in [0.717, 1.165) is 16.5 Å². The minimum Gasteiger partial charge on any atom is -0.465 e. The third-order valence-corrected chi connectivity index (χ3v) is 2.63. The number of benzene rings is 1. The Bertz CT molecular complexity index is 579. The van der Waals surface area contributed by atoms with Crippen molar-refractivity contribution in [3.05, 3.63) is 35.4 Å². The van der Waals surface area contributed by atoms with Gasteiger partial charge in [0.2, 0.25) is 0 Å². The van der Waals surface area contributed by atoms with Gasteiger partial charge < -0.3 is 10.1 Å². The molecule has 1 N–H and O–H groups in total. The van der Waals surface area contributed by atoms with Crippen LogP contribution >= 0.6 is 0 Å². The molecule has 0 saturated heterocycles. The molecular formula is C13H14N2O2. The molecule has 1 aromatic heterocycles. The molecule has 0 bridgehead atoms. The van der Waals surface area contributed by atoms with Crippen LogP contribution in [0.15, 0.2) is 24.3 Å². The summed E-state index contributed by atoms with van der Waals surface area (Å²) < 4.78 is 4.79. The average molecular weight is 230 g/mol. The highest BCUT2D eigenvalue weighted by Gasteiger charge is 2.12. The molecule has 4 nitrogen and oxygen atoms in total. The summed E-state index contributed by atoms with van der Waals surface area (Å²) >= 11 is 0. The van der Waals surface area contributed by atoms with Gasteiger partial charge in [-0.15, -0.1) is 0 Å². The quantitative estimate of drug-likeness (QED) is 0.805. The molecule has 0 spiro atoms. The van der Waals surface area contributed by atoms with E-state index in [1.165, 1.54) is 7.11 Å². The number of hydrogen-bond donors (Lipinski definition) is 1. The second-order valence-electron chi connectivity index (χ2n) is 3.82. The number of nitrogens with zero attached hydrogens (tertiary/aromatic N) is 1. The third kappa shape index (κ3) is 2.06. The first kappa shape index (κ1) is 11.4. The number of rotatable bonds is 2. The zero-order valence-corrected chi connectivity index (χ0v) is 10.1. The van der Waals surface area contributed by atoms with Crippen molar-refractivity contribution < 1.29 is 9.53 Å². The van der Waals surface area contributed by atoms with Crippen LogP contribution in [-0.4, -0.2) is 25.1 Å². The van der Waals surface area contributed by atoms with Gasteiger partial charge in [-0.3, -0.25) is 0 Å². The van der Waals surface area contributed by atoms with Gasteiger partial charge in [0.15, 0.2) is 0 Å². The molecular weight excluding hydrogens is 216 g/mol. The third-order valence-electron chi connectivity index (χ3n) is 2.63. The summed E-state index contributed by atoms with van der Waals surface area (Å²) in [4.78, 5) is 16.1. The summed E-state index contributed by atoms with van der Waals surface area (Å²) in [5.41, 5.74) is 2.40. The lowest BCUT2D eigenvalue weighted by molar-refractivity contribution is 0.0603. The highest BCUT2D eigenvalue weighted by Crippen LogP contribution is 2.22. The molecule has 17 heavy (non-hydrogen) atoms. The number of methoxy groups -OCH3 is 1. The van der Waals surface area contributed by atoms with Gasteiger partial charge in [0.05, 0.1) is 18.2 Å². The van der Waals surface area contributed by atoms with Crippen molar-refractivity contribution in [3.8, 4) is 0 Å². The van der Waals surface area contributed by atoms with E-state index in [0.29, 0.717) is 11.4 Å². The lowest BCUT2D eigenvalue weighted by Gasteiger charge is -2.08. The van der Waals surface area contributed by atoms with Crippen molar-refractivity contribution in [3.63, 3.8) is 0 Å². The summed E-state index contributed by atoms with van der Waals surface area (Å²) in [6.45, 7) is 1.98. The molecule has 0 aliphatic heterocycles. The fourth-order valence-corrected chi connectivity index (χ4v) is 1.75. The minimum atomic E-state index is -0.348. The van der Waals surface area contributed by atoms with E-state index >= 15 is 0 Å². The van der Waals surface area contributed by atoms with Crippen molar-refractivity contribution in [1.29, 1.82) is 0 Å². The van der Waals surface area contributed by atoms with E-state index in [4.69, 9.17) is 4.74 Å². The number of hydrogen-bond acceptors (Lipinski definition) is 4. The molecule has 0 radical (unpaired) electrons. The fraction of sp³-hybridized carbons (Fsp3) is 0.231. The van der Waals surface area contributed by atoms with Gasteiger partial charge in [0, 0.05) is 12.4 Å². The zero-order valence-electron chi connectivity index (χ0n) is 10.1. The smallest absolute Gasteiger partial charge is 0.338 e. The molecule has 0 atom stereocenters. The Hall–Kier alpha value is -2.10. The van der Waals surface area contributed by atoms with Crippen LogP contribution < -0.4 is 5.32 Å². The fourth-order valence-electron chi connectivity index (χ4n) is 1.75. The number of pyridine rings is 1. The van der Waals surface area contributed by atoms with E-state index in [1.807, 2.05) is 25.1 Å². The van der Waals surface area contributed by atoms with Crippen LogP contribution in [0.1, 0.15) is 15.9 Å². The van der Waals surface area contributed by atoms with Gasteiger partial charge in [-0.25, -0.2) is 9.78 Å². The van der Waals surface area contributed by atoms with Crippen molar-refractivity contribution >= 4 is 22.7 Å². The topological polar surface area (TPSA) is 51.2 Å². The number of aryl methyl sites for hydroxylation is 1. The van der Waals surface area contributed by atoms with Crippen molar-refractivity contribution in [2.24, 2.45) is 0 Å². The molecule has 4 heteroatoms. The number of anilines is 1. The number of fused-ring (bicyclic) bond motifs is 1. The molecule has 0 aliphatic rings. The highest BCUT2D eigenvalue weighted by atomic mass is 16.5. The normalized spacial score (nSPS) is 10.3. The Morgan fingerprint density at radius 3 is 2.76 bits per heavy atom. The molecule has 0 fully saturated rings. The van der Waals surface area contributed by atoms with Crippen molar-refractivity contribution in [2.75, 3.05) is 19.5 Å². The summed E-state index contributed by atoms with van der Waals surface area (Å²) in [6.07, 6.45) is 0. The summed E-state index contributed by atoms with van der Waals surface area (Å²) in [5.74, 6) is 0.307. The maximum absolute atomic E-state index is 11.7. The van der Waals surface area contributed by atoms with E-state index in [9.17, 15) is 4.79 Å². The van der Waals surface area contributed by atoms with E-state index in [1.54, 1.807) is 13.1 Å². The number of aromatic nitrogens is 1. The summed E-state index contributed by atoms with van der Waals surface area (Å²) in [5, 5.41) is 3.75. The monoisotopic (exact) mass is 230 g/mol. The maximum Gasteiger partial charge on any atom is 0.338 e. The SMILES string of the molecule is CNc1cc(C(=O)OC)c2cc(C)ccc2n1. The summed E-state index contributed by atoms with van der Waals surface area (Å²) in [7, 11) is 3.15. The Morgan fingerprint density at radius 2 is 2.12 bits per heavy atom. The lowest BCUT2D eigenvalue weighted by atomic mass is 10.1.